The van der Waals surface area contributed by atoms with Crippen LogP contribution in [0.4, 0.5) is 0 Å². The SMILES string of the molecule is CN=C(NCc1ccccc1-n1nc(C)cc1C)N1CCCC(C)C1.I. The molecule has 1 aliphatic heterocycles. The van der Waals surface area contributed by atoms with Crippen molar-refractivity contribution in [3.63, 3.8) is 0 Å². The third-order valence-electron chi connectivity index (χ3n) is 4.83. The molecule has 6 heteroatoms. The van der Waals surface area contributed by atoms with E-state index >= 15 is 0 Å². The molecule has 0 aliphatic carbocycles. The van der Waals surface area contributed by atoms with Gasteiger partial charge in [0.2, 0.25) is 0 Å². The zero-order chi connectivity index (χ0) is 17.8. The highest BCUT2D eigenvalue weighted by Gasteiger charge is 2.19. The Morgan fingerprint density at radius 1 is 1.31 bits per heavy atom. The number of nitrogens with zero attached hydrogens (tertiary/aromatic N) is 4. The Hall–Kier alpha value is -1.57. The van der Waals surface area contributed by atoms with Crippen LogP contribution in [0.3, 0.4) is 0 Å². The third-order valence-corrected chi connectivity index (χ3v) is 4.83. The molecule has 1 aromatic carbocycles. The van der Waals surface area contributed by atoms with Gasteiger partial charge < -0.3 is 10.2 Å². The van der Waals surface area contributed by atoms with Crippen molar-refractivity contribution >= 4 is 29.9 Å². The minimum Gasteiger partial charge on any atom is -0.352 e. The highest BCUT2D eigenvalue weighted by atomic mass is 127. The summed E-state index contributed by atoms with van der Waals surface area (Å²) in [6.45, 7) is 9.35. The van der Waals surface area contributed by atoms with Crippen LogP contribution in [0.1, 0.15) is 36.7 Å². The van der Waals surface area contributed by atoms with E-state index in [1.54, 1.807) is 0 Å². The first-order chi connectivity index (χ1) is 12.1. The van der Waals surface area contributed by atoms with Crippen LogP contribution >= 0.6 is 24.0 Å². The number of piperidine rings is 1. The monoisotopic (exact) mass is 467 g/mol. The number of guanidine groups is 1. The van der Waals surface area contributed by atoms with Crippen LogP contribution in [0.5, 0.6) is 0 Å². The van der Waals surface area contributed by atoms with Gasteiger partial charge in [-0.1, -0.05) is 25.1 Å². The quantitative estimate of drug-likeness (QED) is 0.423. The molecule has 1 atom stereocenters. The standard InChI is InChI=1S/C20H29N5.HI/c1-15-8-7-11-24(14-15)20(21-4)22-13-18-9-5-6-10-19(18)25-17(3)12-16(2)23-25;/h5-6,9-10,12,15H,7-8,11,13-14H2,1-4H3,(H,21,22);1H. The number of likely N-dealkylation sites (tertiary alicyclic amines) is 1. The lowest BCUT2D eigenvalue weighted by atomic mass is 10.0. The maximum Gasteiger partial charge on any atom is 0.193 e. The molecule has 2 heterocycles. The molecule has 0 amide bonds. The molecule has 1 aliphatic rings. The number of benzene rings is 1. The average Bonchev–Trinajstić information content (AvgIpc) is 2.94. The number of nitrogens with one attached hydrogen (secondary N) is 1. The summed E-state index contributed by atoms with van der Waals surface area (Å²) >= 11 is 0. The van der Waals surface area contributed by atoms with Crippen molar-refractivity contribution in [3.05, 3.63) is 47.3 Å². The molecule has 3 rings (SSSR count). The van der Waals surface area contributed by atoms with Crippen molar-refractivity contribution in [2.24, 2.45) is 10.9 Å². The van der Waals surface area contributed by atoms with Crippen molar-refractivity contribution in [2.75, 3.05) is 20.1 Å². The van der Waals surface area contributed by atoms with Gasteiger partial charge in [-0.05, 0) is 50.3 Å². The fraction of sp³-hybridized carbons (Fsp3) is 0.500. The summed E-state index contributed by atoms with van der Waals surface area (Å²) < 4.78 is 2.03. The van der Waals surface area contributed by atoms with Crippen LogP contribution in [-0.4, -0.2) is 40.8 Å². The second-order valence-corrected chi connectivity index (χ2v) is 7.06. The van der Waals surface area contributed by atoms with Gasteiger partial charge in [-0.3, -0.25) is 4.99 Å². The Kier molecular flexibility index (Phi) is 7.49. The molecule has 5 nitrogen and oxygen atoms in total. The number of halogens is 1. The number of rotatable bonds is 3. The summed E-state index contributed by atoms with van der Waals surface area (Å²) in [6, 6.07) is 10.5. The summed E-state index contributed by atoms with van der Waals surface area (Å²) in [5.74, 6) is 1.73. The number of hydrogen-bond donors (Lipinski definition) is 1. The van der Waals surface area contributed by atoms with Gasteiger partial charge in [0.15, 0.2) is 5.96 Å². The smallest absolute Gasteiger partial charge is 0.193 e. The Morgan fingerprint density at radius 3 is 2.73 bits per heavy atom. The van der Waals surface area contributed by atoms with Crippen LogP contribution < -0.4 is 5.32 Å². The lowest BCUT2D eigenvalue weighted by Gasteiger charge is -2.33. The van der Waals surface area contributed by atoms with Crippen LogP contribution in [-0.2, 0) is 6.54 Å². The Bertz CT molecular complexity index is 752. The summed E-state index contributed by atoms with van der Waals surface area (Å²) in [6.07, 6.45) is 2.55. The maximum atomic E-state index is 4.64. The lowest BCUT2D eigenvalue weighted by Crippen LogP contribution is -2.46. The van der Waals surface area contributed by atoms with Gasteiger partial charge >= 0.3 is 0 Å². The molecular weight excluding hydrogens is 437 g/mol. The number of aliphatic imine (C=N–C) groups is 1. The predicted molar refractivity (Wildman–Crippen MR) is 119 cm³/mol. The molecule has 26 heavy (non-hydrogen) atoms. The van der Waals surface area contributed by atoms with Gasteiger partial charge in [-0.2, -0.15) is 5.10 Å². The molecule has 1 unspecified atom stereocenters. The second-order valence-electron chi connectivity index (χ2n) is 7.06. The fourth-order valence-corrected chi connectivity index (χ4v) is 3.63. The van der Waals surface area contributed by atoms with Gasteiger partial charge in [0.25, 0.3) is 0 Å². The number of aryl methyl sites for hydroxylation is 2. The number of hydrogen-bond acceptors (Lipinski definition) is 2. The normalized spacial score (nSPS) is 17.8. The van der Waals surface area contributed by atoms with Gasteiger partial charge in [0, 0.05) is 32.4 Å². The Morgan fingerprint density at radius 2 is 2.08 bits per heavy atom. The van der Waals surface area contributed by atoms with Crippen molar-refractivity contribution in [2.45, 2.75) is 40.2 Å². The zero-order valence-corrected chi connectivity index (χ0v) is 18.5. The predicted octanol–water partition coefficient (Wildman–Crippen LogP) is 3.91. The van der Waals surface area contributed by atoms with Crippen LogP contribution in [0.2, 0.25) is 0 Å². The largest absolute Gasteiger partial charge is 0.352 e. The molecule has 0 bridgehead atoms. The first kappa shape index (κ1) is 20.7. The first-order valence-corrected chi connectivity index (χ1v) is 9.15. The molecule has 1 N–H and O–H groups in total. The Labute approximate surface area is 173 Å². The van der Waals surface area contributed by atoms with Gasteiger partial charge in [0.05, 0.1) is 11.4 Å². The zero-order valence-electron chi connectivity index (χ0n) is 16.2. The molecule has 1 saturated heterocycles. The van der Waals surface area contributed by atoms with Crippen molar-refractivity contribution in [3.8, 4) is 5.69 Å². The molecule has 1 fully saturated rings. The van der Waals surface area contributed by atoms with E-state index in [-0.39, 0.29) is 24.0 Å². The highest BCUT2D eigenvalue weighted by Crippen LogP contribution is 2.18. The minimum absolute atomic E-state index is 0. The van der Waals surface area contributed by atoms with Crippen LogP contribution in [0.25, 0.3) is 5.69 Å². The molecular formula is C20H30IN5. The number of para-hydroxylation sites is 1. The maximum absolute atomic E-state index is 4.64. The molecule has 2 aromatic rings. The lowest BCUT2D eigenvalue weighted by molar-refractivity contribution is 0.266. The summed E-state index contributed by atoms with van der Waals surface area (Å²) in [5.41, 5.74) is 4.54. The molecule has 0 spiro atoms. The van der Waals surface area contributed by atoms with E-state index in [4.69, 9.17) is 0 Å². The molecule has 142 valence electrons. The van der Waals surface area contributed by atoms with E-state index in [0.29, 0.717) is 0 Å². The molecule has 1 aromatic heterocycles. The van der Waals surface area contributed by atoms with Crippen molar-refractivity contribution < 1.29 is 0 Å². The van der Waals surface area contributed by atoms with Crippen molar-refractivity contribution in [1.29, 1.82) is 0 Å². The average molecular weight is 467 g/mol. The van der Waals surface area contributed by atoms with E-state index < -0.39 is 0 Å². The van der Waals surface area contributed by atoms with Gasteiger partial charge in [-0.15, -0.1) is 24.0 Å². The number of aromatic nitrogens is 2. The van der Waals surface area contributed by atoms with Gasteiger partial charge in [0.1, 0.15) is 0 Å². The van der Waals surface area contributed by atoms with E-state index in [0.717, 1.165) is 48.6 Å². The highest BCUT2D eigenvalue weighted by molar-refractivity contribution is 14.0. The minimum atomic E-state index is 0. The van der Waals surface area contributed by atoms with E-state index in [9.17, 15) is 0 Å². The summed E-state index contributed by atoms with van der Waals surface area (Å²) in [4.78, 5) is 6.87. The van der Waals surface area contributed by atoms with E-state index in [1.165, 1.54) is 18.4 Å². The summed E-state index contributed by atoms with van der Waals surface area (Å²) in [7, 11) is 1.87. The van der Waals surface area contributed by atoms with Crippen LogP contribution in [0.15, 0.2) is 35.3 Å². The second kappa shape index (κ2) is 9.39. The summed E-state index contributed by atoms with van der Waals surface area (Å²) in [5, 5.41) is 8.18. The Balaban J connectivity index is 0.00000243. The topological polar surface area (TPSA) is 45.5 Å². The van der Waals surface area contributed by atoms with E-state index in [2.05, 4.69) is 64.5 Å². The third kappa shape index (κ3) is 4.78. The van der Waals surface area contributed by atoms with Crippen LogP contribution in [0, 0.1) is 19.8 Å². The van der Waals surface area contributed by atoms with Gasteiger partial charge in [-0.25, -0.2) is 4.68 Å². The molecule has 0 radical (unpaired) electrons. The molecule has 0 saturated carbocycles. The fourth-order valence-electron chi connectivity index (χ4n) is 3.63. The van der Waals surface area contributed by atoms with Crippen molar-refractivity contribution in [1.82, 2.24) is 20.0 Å². The van der Waals surface area contributed by atoms with E-state index in [1.807, 2.05) is 18.7 Å². The first-order valence-electron chi connectivity index (χ1n) is 9.15.